The van der Waals surface area contributed by atoms with Crippen LogP contribution in [0, 0.1) is 11.6 Å². The molecule has 1 aromatic carbocycles. The van der Waals surface area contributed by atoms with Crippen LogP contribution in [-0.2, 0) is 16.8 Å². The smallest absolute Gasteiger partial charge is 0.323 e. The van der Waals surface area contributed by atoms with Crippen molar-refractivity contribution in [2.75, 3.05) is 0 Å². The van der Waals surface area contributed by atoms with Crippen LogP contribution in [0.15, 0.2) is 12.1 Å². The van der Waals surface area contributed by atoms with Crippen molar-refractivity contribution in [2.24, 2.45) is 0 Å². The number of aromatic nitrogens is 2. The lowest BCUT2D eigenvalue weighted by atomic mass is 9.95. The van der Waals surface area contributed by atoms with E-state index in [4.69, 9.17) is 5.11 Å². The summed E-state index contributed by atoms with van der Waals surface area (Å²) in [7, 11) is 0. The third kappa shape index (κ3) is 2.43. The average Bonchev–Trinajstić information content (AvgIpc) is 2.57. The summed E-state index contributed by atoms with van der Waals surface area (Å²) in [4.78, 5) is 15.2. The van der Waals surface area contributed by atoms with Crippen molar-refractivity contribution in [3.63, 3.8) is 0 Å². The minimum absolute atomic E-state index is 0.255. The SMILES string of the molecule is CC(C)(C)c1nc2cc(F)c(F)cc2n1CC(=O)O. The Balaban J connectivity index is 2.77. The third-order valence-electron chi connectivity index (χ3n) is 2.75. The number of carboxylic acid groups (broad SMARTS) is 1. The maximum absolute atomic E-state index is 13.3. The van der Waals surface area contributed by atoms with Gasteiger partial charge in [-0.1, -0.05) is 20.8 Å². The fraction of sp³-hybridized carbons (Fsp3) is 0.385. The van der Waals surface area contributed by atoms with Crippen LogP contribution in [0.1, 0.15) is 26.6 Å². The average molecular weight is 268 g/mol. The van der Waals surface area contributed by atoms with Gasteiger partial charge in [0.1, 0.15) is 12.4 Å². The van der Waals surface area contributed by atoms with E-state index in [-0.39, 0.29) is 17.6 Å². The summed E-state index contributed by atoms with van der Waals surface area (Å²) in [5.41, 5.74) is 0.109. The van der Waals surface area contributed by atoms with E-state index in [1.165, 1.54) is 4.57 Å². The van der Waals surface area contributed by atoms with Crippen LogP contribution in [0.4, 0.5) is 8.78 Å². The zero-order valence-corrected chi connectivity index (χ0v) is 10.9. The van der Waals surface area contributed by atoms with Crippen LogP contribution in [0.25, 0.3) is 11.0 Å². The highest BCUT2D eigenvalue weighted by Gasteiger charge is 2.24. The van der Waals surface area contributed by atoms with Crippen LogP contribution >= 0.6 is 0 Å². The maximum atomic E-state index is 13.3. The third-order valence-corrected chi connectivity index (χ3v) is 2.75. The Hall–Kier alpha value is -1.98. The molecule has 0 saturated heterocycles. The second kappa shape index (κ2) is 4.29. The van der Waals surface area contributed by atoms with Gasteiger partial charge in [-0.25, -0.2) is 13.8 Å². The molecule has 0 atom stereocenters. The molecule has 0 aliphatic rings. The molecule has 0 fully saturated rings. The number of hydrogen-bond donors (Lipinski definition) is 1. The molecule has 0 aliphatic heterocycles. The minimum Gasteiger partial charge on any atom is -0.480 e. The van der Waals surface area contributed by atoms with Crippen LogP contribution in [-0.4, -0.2) is 20.6 Å². The zero-order chi connectivity index (χ0) is 14.4. The molecule has 0 spiro atoms. The molecule has 0 radical (unpaired) electrons. The van der Waals surface area contributed by atoms with Gasteiger partial charge in [0.25, 0.3) is 0 Å². The van der Waals surface area contributed by atoms with E-state index in [9.17, 15) is 13.6 Å². The van der Waals surface area contributed by atoms with Crippen molar-refractivity contribution >= 4 is 17.0 Å². The van der Waals surface area contributed by atoms with Gasteiger partial charge in [0, 0.05) is 17.5 Å². The van der Waals surface area contributed by atoms with E-state index in [0.717, 1.165) is 12.1 Å². The number of benzene rings is 1. The Labute approximate surface area is 108 Å². The number of aliphatic carboxylic acids is 1. The van der Waals surface area contributed by atoms with Crippen molar-refractivity contribution in [2.45, 2.75) is 32.7 Å². The molecule has 2 rings (SSSR count). The lowest BCUT2D eigenvalue weighted by molar-refractivity contribution is -0.137. The Morgan fingerprint density at radius 2 is 1.89 bits per heavy atom. The molecule has 102 valence electrons. The summed E-state index contributed by atoms with van der Waals surface area (Å²) in [6.45, 7) is 5.24. The first-order chi connectivity index (χ1) is 8.70. The Kier molecular flexibility index (Phi) is 3.04. The number of carboxylic acids is 1. The molecule has 2 aromatic rings. The summed E-state index contributed by atoms with van der Waals surface area (Å²) in [5.74, 6) is -2.59. The molecular formula is C13H14F2N2O2. The topological polar surface area (TPSA) is 55.1 Å². The van der Waals surface area contributed by atoms with Crippen LogP contribution in [0.3, 0.4) is 0 Å². The monoisotopic (exact) mass is 268 g/mol. The van der Waals surface area contributed by atoms with Gasteiger partial charge in [0.2, 0.25) is 0 Å². The molecule has 0 amide bonds. The zero-order valence-electron chi connectivity index (χ0n) is 10.9. The number of halogens is 2. The van der Waals surface area contributed by atoms with Gasteiger partial charge in [0.05, 0.1) is 11.0 Å². The lowest BCUT2D eigenvalue weighted by Gasteiger charge is -2.19. The van der Waals surface area contributed by atoms with Gasteiger partial charge in [-0.15, -0.1) is 0 Å². The van der Waals surface area contributed by atoms with E-state index in [1.807, 2.05) is 20.8 Å². The molecule has 4 nitrogen and oxygen atoms in total. The fourth-order valence-corrected chi connectivity index (χ4v) is 1.99. The molecule has 1 N–H and O–H groups in total. The highest BCUT2D eigenvalue weighted by atomic mass is 19.2. The van der Waals surface area contributed by atoms with Crippen LogP contribution < -0.4 is 0 Å². The number of hydrogen-bond acceptors (Lipinski definition) is 2. The number of nitrogens with zero attached hydrogens (tertiary/aromatic N) is 2. The van der Waals surface area contributed by atoms with Gasteiger partial charge < -0.3 is 9.67 Å². The molecule has 0 bridgehead atoms. The Bertz CT molecular complexity index is 657. The van der Waals surface area contributed by atoms with E-state index >= 15 is 0 Å². The fourth-order valence-electron chi connectivity index (χ4n) is 1.99. The number of carbonyl (C=O) groups is 1. The van der Waals surface area contributed by atoms with Crippen molar-refractivity contribution in [3.8, 4) is 0 Å². The van der Waals surface area contributed by atoms with E-state index in [2.05, 4.69) is 4.98 Å². The van der Waals surface area contributed by atoms with Crippen molar-refractivity contribution in [1.29, 1.82) is 0 Å². The molecule has 1 aromatic heterocycles. The van der Waals surface area contributed by atoms with Gasteiger partial charge in [-0.05, 0) is 0 Å². The van der Waals surface area contributed by atoms with E-state index in [1.54, 1.807) is 0 Å². The summed E-state index contributed by atoms with van der Waals surface area (Å²) < 4.78 is 27.9. The molecule has 6 heteroatoms. The summed E-state index contributed by atoms with van der Waals surface area (Å²) in [5, 5.41) is 8.94. The summed E-state index contributed by atoms with van der Waals surface area (Å²) in [6, 6.07) is 1.97. The first kappa shape index (κ1) is 13.5. The largest absolute Gasteiger partial charge is 0.480 e. The van der Waals surface area contributed by atoms with Crippen molar-refractivity contribution in [1.82, 2.24) is 9.55 Å². The van der Waals surface area contributed by atoms with E-state index < -0.39 is 23.0 Å². The first-order valence-electron chi connectivity index (χ1n) is 5.77. The number of fused-ring (bicyclic) bond motifs is 1. The van der Waals surface area contributed by atoms with Crippen LogP contribution in [0.5, 0.6) is 0 Å². The Morgan fingerprint density at radius 1 is 1.32 bits per heavy atom. The van der Waals surface area contributed by atoms with Gasteiger partial charge >= 0.3 is 5.97 Å². The predicted octanol–water partition coefficient (Wildman–Crippen LogP) is 2.70. The molecular weight excluding hydrogens is 254 g/mol. The second-order valence-electron chi connectivity index (χ2n) is 5.42. The number of imidazole rings is 1. The highest BCUT2D eigenvalue weighted by molar-refractivity contribution is 5.79. The minimum atomic E-state index is -1.06. The second-order valence-corrected chi connectivity index (χ2v) is 5.42. The molecule has 19 heavy (non-hydrogen) atoms. The molecule has 0 aliphatic carbocycles. The summed E-state index contributed by atoms with van der Waals surface area (Å²) >= 11 is 0. The summed E-state index contributed by atoms with van der Waals surface area (Å²) in [6.07, 6.45) is 0. The molecule has 1 heterocycles. The van der Waals surface area contributed by atoms with Crippen LogP contribution in [0.2, 0.25) is 0 Å². The quantitative estimate of drug-likeness (QED) is 0.911. The van der Waals surface area contributed by atoms with Crippen molar-refractivity contribution < 1.29 is 18.7 Å². The Morgan fingerprint density at radius 3 is 2.42 bits per heavy atom. The number of rotatable bonds is 2. The van der Waals surface area contributed by atoms with E-state index in [0.29, 0.717) is 5.82 Å². The predicted molar refractivity (Wildman–Crippen MR) is 66.0 cm³/mol. The standard InChI is InChI=1S/C13H14F2N2O2/c1-13(2,3)12-16-9-4-7(14)8(15)5-10(9)17(12)6-11(18)19/h4-5H,6H2,1-3H3,(H,18,19). The molecule has 0 saturated carbocycles. The normalized spacial score (nSPS) is 12.1. The van der Waals surface area contributed by atoms with Gasteiger partial charge in [-0.3, -0.25) is 4.79 Å². The first-order valence-corrected chi connectivity index (χ1v) is 5.77. The van der Waals surface area contributed by atoms with Gasteiger partial charge in [0.15, 0.2) is 11.6 Å². The maximum Gasteiger partial charge on any atom is 0.323 e. The lowest BCUT2D eigenvalue weighted by Crippen LogP contribution is -2.21. The molecule has 0 unspecified atom stereocenters. The van der Waals surface area contributed by atoms with Crippen molar-refractivity contribution in [3.05, 3.63) is 29.6 Å². The van der Waals surface area contributed by atoms with Gasteiger partial charge in [-0.2, -0.15) is 0 Å². The highest BCUT2D eigenvalue weighted by Crippen LogP contribution is 2.27.